The van der Waals surface area contributed by atoms with Crippen LogP contribution in [0.1, 0.15) is 5.56 Å². The standard InChI is InChI=1S/C15H13BrN4S/c16-12-4-2-1-3-11(12)9-19-15-13(14(17)20-21-15)10-5-7-18-8-6-10/h1-8,19H,9H2,(H2,17,20). The molecule has 0 saturated carbocycles. The number of anilines is 2. The van der Waals surface area contributed by atoms with E-state index in [0.717, 1.165) is 20.6 Å². The van der Waals surface area contributed by atoms with Crippen molar-refractivity contribution in [3.63, 3.8) is 0 Å². The van der Waals surface area contributed by atoms with Gasteiger partial charge in [-0.3, -0.25) is 4.98 Å². The van der Waals surface area contributed by atoms with Crippen LogP contribution in [0.15, 0.2) is 53.3 Å². The van der Waals surface area contributed by atoms with Crippen LogP contribution in [-0.4, -0.2) is 9.36 Å². The molecule has 6 heteroatoms. The van der Waals surface area contributed by atoms with E-state index in [1.807, 2.05) is 30.3 Å². The third-order valence-electron chi connectivity index (χ3n) is 3.08. The van der Waals surface area contributed by atoms with E-state index in [2.05, 4.69) is 36.7 Å². The fourth-order valence-electron chi connectivity index (χ4n) is 2.04. The van der Waals surface area contributed by atoms with E-state index in [1.165, 1.54) is 17.1 Å². The molecule has 0 fully saturated rings. The zero-order valence-electron chi connectivity index (χ0n) is 11.1. The number of pyridine rings is 1. The Morgan fingerprint density at radius 1 is 1.14 bits per heavy atom. The molecule has 0 unspecified atom stereocenters. The Bertz CT molecular complexity index is 742. The van der Waals surface area contributed by atoms with Gasteiger partial charge >= 0.3 is 0 Å². The predicted molar refractivity (Wildman–Crippen MR) is 91.2 cm³/mol. The molecule has 0 amide bonds. The number of rotatable bonds is 4. The maximum absolute atomic E-state index is 6.00. The molecule has 0 aliphatic carbocycles. The van der Waals surface area contributed by atoms with Crippen LogP contribution >= 0.6 is 27.5 Å². The van der Waals surface area contributed by atoms with Crippen molar-refractivity contribution in [2.75, 3.05) is 11.1 Å². The fourth-order valence-corrected chi connectivity index (χ4v) is 3.19. The van der Waals surface area contributed by atoms with Crippen molar-refractivity contribution in [1.29, 1.82) is 0 Å². The molecule has 3 aromatic rings. The lowest BCUT2D eigenvalue weighted by molar-refractivity contribution is 1.15. The molecule has 0 atom stereocenters. The summed E-state index contributed by atoms with van der Waals surface area (Å²) in [6.07, 6.45) is 3.51. The molecule has 3 rings (SSSR count). The molecule has 3 N–H and O–H groups in total. The van der Waals surface area contributed by atoms with Gasteiger partial charge in [0.2, 0.25) is 0 Å². The summed E-state index contributed by atoms with van der Waals surface area (Å²) in [7, 11) is 0. The number of aromatic nitrogens is 2. The third kappa shape index (κ3) is 3.06. The number of nitrogens with one attached hydrogen (secondary N) is 1. The van der Waals surface area contributed by atoms with Crippen molar-refractivity contribution in [2.24, 2.45) is 0 Å². The molecule has 0 aliphatic heterocycles. The first kappa shape index (κ1) is 14.0. The zero-order valence-corrected chi connectivity index (χ0v) is 13.5. The molecule has 1 aromatic carbocycles. The number of hydrogen-bond acceptors (Lipinski definition) is 5. The second-order valence-electron chi connectivity index (χ2n) is 4.45. The Morgan fingerprint density at radius 2 is 1.90 bits per heavy atom. The normalized spacial score (nSPS) is 10.5. The summed E-state index contributed by atoms with van der Waals surface area (Å²) in [6.45, 7) is 0.709. The third-order valence-corrected chi connectivity index (χ3v) is 4.68. The summed E-state index contributed by atoms with van der Waals surface area (Å²) in [5.41, 5.74) is 9.15. The second kappa shape index (κ2) is 6.24. The molecule has 4 nitrogen and oxygen atoms in total. The Kier molecular flexibility index (Phi) is 4.17. The molecule has 21 heavy (non-hydrogen) atoms. The van der Waals surface area contributed by atoms with Gasteiger partial charge in [0.25, 0.3) is 0 Å². The molecule has 0 bridgehead atoms. The summed E-state index contributed by atoms with van der Waals surface area (Å²) < 4.78 is 5.34. The quantitative estimate of drug-likeness (QED) is 0.732. The van der Waals surface area contributed by atoms with Crippen molar-refractivity contribution in [1.82, 2.24) is 9.36 Å². The van der Waals surface area contributed by atoms with Crippen LogP contribution in [-0.2, 0) is 6.54 Å². The largest absolute Gasteiger partial charge is 0.382 e. The lowest BCUT2D eigenvalue weighted by Gasteiger charge is -2.08. The Balaban J connectivity index is 1.86. The van der Waals surface area contributed by atoms with E-state index in [9.17, 15) is 0 Å². The van der Waals surface area contributed by atoms with E-state index in [0.29, 0.717) is 12.4 Å². The fraction of sp³-hybridized carbons (Fsp3) is 0.0667. The number of nitrogen functional groups attached to an aromatic ring is 1. The summed E-state index contributed by atoms with van der Waals surface area (Å²) >= 11 is 4.93. The molecule has 0 aliphatic rings. The van der Waals surface area contributed by atoms with Crippen LogP contribution in [0, 0.1) is 0 Å². The highest BCUT2D eigenvalue weighted by Crippen LogP contribution is 2.36. The van der Waals surface area contributed by atoms with E-state index in [-0.39, 0.29) is 0 Å². The lowest BCUT2D eigenvalue weighted by atomic mass is 10.1. The van der Waals surface area contributed by atoms with Gasteiger partial charge in [-0.25, -0.2) is 0 Å². The molecule has 0 saturated heterocycles. The first-order valence-corrected chi connectivity index (χ1v) is 7.95. The van der Waals surface area contributed by atoms with Gasteiger partial charge in [0.05, 0.1) is 5.56 Å². The molecule has 0 radical (unpaired) electrons. The molecule has 106 valence electrons. The smallest absolute Gasteiger partial charge is 0.147 e. The Hall–Kier alpha value is -1.92. The van der Waals surface area contributed by atoms with Gasteiger partial charge in [0.1, 0.15) is 10.8 Å². The number of nitrogens with two attached hydrogens (primary N) is 1. The first-order valence-electron chi connectivity index (χ1n) is 6.38. The van der Waals surface area contributed by atoms with E-state index in [4.69, 9.17) is 5.73 Å². The average Bonchev–Trinajstić information content (AvgIpc) is 2.88. The predicted octanol–water partition coefficient (Wildman–Crippen LogP) is 4.16. The van der Waals surface area contributed by atoms with Crippen LogP contribution < -0.4 is 11.1 Å². The lowest BCUT2D eigenvalue weighted by Crippen LogP contribution is -2.00. The highest BCUT2D eigenvalue weighted by atomic mass is 79.9. The van der Waals surface area contributed by atoms with Crippen molar-refractivity contribution >= 4 is 38.3 Å². The van der Waals surface area contributed by atoms with Crippen LogP contribution in [0.2, 0.25) is 0 Å². The average molecular weight is 361 g/mol. The molecular formula is C15H13BrN4S. The second-order valence-corrected chi connectivity index (χ2v) is 6.08. The first-order chi connectivity index (χ1) is 10.3. The van der Waals surface area contributed by atoms with Crippen molar-refractivity contribution in [3.8, 4) is 11.1 Å². The van der Waals surface area contributed by atoms with Gasteiger partial charge in [0.15, 0.2) is 0 Å². The monoisotopic (exact) mass is 360 g/mol. The van der Waals surface area contributed by atoms with Gasteiger partial charge in [-0.2, -0.15) is 4.37 Å². The number of benzene rings is 1. The minimum Gasteiger partial charge on any atom is -0.382 e. The van der Waals surface area contributed by atoms with Gasteiger partial charge in [0, 0.05) is 23.4 Å². The van der Waals surface area contributed by atoms with Crippen molar-refractivity contribution in [3.05, 3.63) is 58.8 Å². The summed E-state index contributed by atoms with van der Waals surface area (Å²) in [5, 5.41) is 4.38. The maximum atomic E-state index is 6.00. The number of nitrogens with zero attached hydrogens (tertiary/aromatic N) is 2. The Morgan fingerprint density at radius 3 is 2.67 bits per heavy atom. The number of hydrogen-bond donors (Lipinski definition) is 2. The van der Waals surface area contributed by atoms with Gasteiger partial charge < -0.3 is 11.1 Å². The van der Waals surface area contributed by atoms with E-state index < -0.39 is 0 Å². The summed E-state index contributed by atoms with van der Waals surface area (Å²) in [5.74, 6) is 0.542. The summed E-state index contributed by atoms with van der Waals surface area (Å²) in [4.78, 5) is 4.04. The minimum absolute atomic E-state index is 0.542. The van der Waals surface area contributed by atoms with Crippen molar-refractivity contribution in [2.45, 2.75) is 6.54 Å². The molecule has 0 spiro atoms. The summed E-state index contributed by atoms with van der Waals surface area (Å²) in [6, 6.07) is 12.0. The molecular weight excluding hydrogens is 348 g/mol. The zero-order chi connectivity index (χ0) is 14.7. The molecule has 2 heterocycles. The van der Waals surface area contributed by atoms with Crippen LogP contribution in [0.3, 0.4) is 0 Å². The van der Waals surface area contributed by atoms with Crippen LogP contribution in [0.25, 0.3) is 11.1 Å². The van der Waals surface area contributed by atoms with E-state index in [1.54, 1.807) is 12.4 Å². The van der Waals surface area contributed by atoms with Crippen LogP contribution in [0.5, 0.6) is 0 Å². The van der Waals surface area contributed by atoms with Crippen molar-refractivity contribution < 1.29 is 0 Å². The SMILES string of the molecule is Nc1nsc(NCc2ccccc2Br)c1-c1ccncc1. The van der Waals surface area contributed by atoms with E-state index >= 15 is 0 Å². The van der Waals surface area contributed by atoms with Gasteiger partial charge in [-0.1, -0.05) is 34.1 Å². The number of halogens is 1. The van der Waals surface area contributed by atoms with Crippen LogP contribution in [0.4, 0.5) is 10.8 Å². The van der Waals surface area contributed by atoms with Gasteiger partial charge in [-0.15, -0.1) is 0 Å². The van der Waals surface area contributed by atoms with Gasteiger partial charge in [-0.05, 0) is 40.9 Å². The highest BCUT2D eigenvalue weighted by Gasteiger charge is 2.13. The highest BCUT2D eigenvalue weighted by molar-refractivity contribution is 9.10. The Labute approximate surface area is 135 Å². The minimum atomic E-state index is 0.542. The molecule has 2 aromatic heterocycles. The maximum Gasteiger partial charge on any atom is 0.147 e. The topological polar surface area (TPSA) is 63.8 Å².